The van der Waals surface area contributed by atoms with Gasteiger partial charge in [-0.2, -0.15) is 0 Å². The van der Waals surface area contributed by atoms with E-state index in [1.807, 2.05) is 13.8 Å². The Hall–Kier alpha value is -1.66. The smallest absolute Gasteiger partial charge is 0.315 e. The first-order valence-corrected chi connectivity index (χ1v) is 7.90. The summed E-state index contributed by atoms with van der Waals surface area (Å²) < 4.78 is 24.6. The van der Waals surface area contributed by atoms with Crippen LogP contribution in [0.5, 0.6) is 0 Å². The van der Waals surface area contributed by atoms with Crippen molar-refractivity contribution in [1.82, 2.24) is 10.6 Å². The molecule has 1 heterocycles. The summed E-state index contributed by atoms with van der Waals surface area (Å²) in [4.78, 5) is 12.0. The van der Waals surface area contributed by atoms with Crippen molar-refractivity contribution in [3.8, 4) is 0 Å². The summed E-state index contributed by atoms with van der Waals surface area (Å²) in [6.45, 7) is 8.81. The number of benzene rings is 1. The van der Waals surface area contributed by atoms with E-state index in [0.717, 1.165) is 5.56 Å². The van der Waals surface area contributed by atoms with Crippen LogP contribution in [0.25, 0.3) is 0 Å². The number of amides is 2. The van der Waals surface area contributed by atoms with Crippen molar-refractivity contribution in [3.05, 3.63) is 34.6 Å². The van der Waals surface area contributed by atoms with Crippen molar-refractivity contribution in [2.24, 2.45) is 0 Å². The number of carbonyl (C=O) groups is 1. The van der Waals surface area contributed by atoms with Gasteiger partial charge in [0.1, 0.15) is 5.82 Å². The molecule has 0 radical (unpaired) electrons. The topological polar surface area (TPSA) is 59.6 Å². The van der Waals surface area contributed by atoms with Gasteiger partial charge in [-0.25, -0.2) is 9.18 Å². The van der Waals surface area contributed by atoms with E-state index in [-0.39, 0.29) is 17.9 Å². The van der Waals surface area contributed by atoms with Gasteiger partial charge in [-0.1, -0.05) is 12.1 Å². The number of rotatable bonds is 5. The molecule has 1 aliphatic heterocycles. The summed E-state index contributed by atoms with van der Waals surface area (Å²) in [6.07, 6.45) is 0.587. The van der Waals surface area contributed by atoms with Gasteiger partial charge in [-0.3, -0.25) is 0 Å². The lowest BCUT2D eigenvalue weighted by Crippen LogP contribution is -2.40. The molecule has 6 heteroatoms. The van der Waals surface area contributed by atoms with Gasteiger partial charge in [-0.05, 0) is 44.4 Å². The summed E-state index contributed by atoms with van der Waals surface area (Å²) in [5, 5.41) is 5.65. The molecule has 128 valence electrons. The molecule has 2 rings (SSSR count). The maximum atomic E-state index is 13.7. The fourth-order valence-electron chi connectivity index (χ4n) is 2.66. The van der Waals surface area contributed by atoms with Crippen LogP contribution in [-0.4, -0.2) is 31.6 Å². The molecule has 0 unspecified atom stereocenters. The van der Waals surface area contributed by atoms with Gasteiger partial charge in [-0.15, -0.1) is 0 Å². The number of ether oxygens (including phenoxy) is 2. The van der Waals surface area contributed by atoms with E-state index < -0.39 is 5.79 Å². The molecule has 0 aliphatic carbocycles. The molecule has 1 saturated heterocycles. The average Bonchev–Trinajstić information content (AvgIpc) is 2.91. The third-order valence-corrected chi connectivity index (χ3v) is 4.07. The lowest BCUT2D eigenvalue weighted by atomic mass is 10.0. The molecule has 1 atom stereocenters. The van der Waals surface area contributed by atoms with Crippen molar-refractivity contribution < 1.29 is 18.7 Å². The molecule has 5 nitrogen and oxygen atoms in total. The Labute approximate surface area is 136 Å². The van der Waals surface area contributed by atoms with E-state index in [4.69, 9.17) is 9.47 Å². The number of hydrogen-bond acceptors (Lipinski definition) is 3. The molecule has 1 fully saturated rings. The summed E-state index contributed by atoms with van der Waals surface area (Å²) in [5.74, 6) is -0.806. The second kappa shape index (κ2) is 7.27. The van der Waals surface area contributed by atoms with Crippen LogP contribution in [0, 0.1) is 19.7 Å². The molecular formula is C17H25FN2O3. The maximum absolute atomic E-state index is 13.7. The second-order valence-corrected chi connectivity index (χ2v) is 6.17. The highest BCUT2D eigenvalue weighted by Crippen LogP contribution is 2.22. The van der Waals surface area contributed by atoms with Crippen LogP contribution in [0.2, 0.25) is 0 Å². The molecule has 2 amide bonds. The Bertz CT molecular complexity index is 548. The third-order valence-electron chi connectivity index (χ3n) is 4.07. The summed E-state index contributed by atoms with van der Waals surface area (Å²) in [7, 11) is 0. The largest absolute Gasteiger partial charge is 0.348 e. The first-order valence-electron chi connectivity index (χ1n) is 7.90. The molecule has 0 bridgehead atoms. The fourth-order valence-corrected chi connectivity index (χ4v) is 2.66. The van der Waals surface area contributed by atoms with E-state index in [1.165, 1.54) is 0 Å². The Morgan fingerprint density at radius 2 is 1.87 bits per heavy atom. The van der Waals surface area contributed by atoms with Crippen LogP contribution in [0.3, 0.4) is 0 Å². The van der Waals surface area contributed by atoms with Crippen LogP contribution in [-0.2, 0) is 9.47 Å². The van der Waals surface area contributed by atoms with E-state index in [9.17, 15) is 9.18 Å². The van der Waals surface area contributed by atoms with Crippen molar-refractivity contribution in [3.63, 3.8) is 0 Å². The Morgan fingerprint density at radius 1 is 1.30 bits per heavy atom. The van der Waals surface area contributed by atoms with Crippen LogP contribution in [0.1, 0.15) is 43.0 Å². The van der Waals surface area contributed by atoms with Gasteiger partial charge in [0.15, 0.2) is 5.79 Å². The van der Waals surface area contributed by atoms with Crippen molar-refractivity contribution in [2.45, 2.75) is 45.9 Å². The third kappa shape index (κ3) is 4.65. The maximum Gasteiger partial charge on any atom is 0.315 e. The summed E-state index contributed by atoms with van der Waals surface area (Å²) >= 11 is 0. The van der Waals surface area contributed by atoms with Gasteiger partial charge < -0.3 is 20.1 Å². The fraction of sp³-hybridized carbons (Fsp3) is 0.588. The molecule has 2 N–H and O–H groups in total. The first kappa shape index (κ1) is 17.7. The van der Waals surface area contributed by atoms with Gasteiger partial charge in [0.25, 0.3) is 0 Å². The molecule has 23 heavy (non-hydrogen) atoms. The standard InChI is InChI=1S/C17H25FN2O3/c1-11-9-14(10-12(2)15(11)18)13(3)20-16(21)19-6-5-17(4)22-7-8-23-17/h9-10,13H,5-8H2,1-4H3,(H2,19,20,21)/t13-/m0/s1. The van der Waals surface area contributed by atoms with Gasteiger partial charge in [0.05, 0.1) is 19.3 Å². The van der Waals surface area contributed by atoms with Crippen molar-refractivity contribution in [2.75, 3.05) is 19.8 Å². The number of halogens is 1. The zero-order valence-corrected chi connectivity index (χ0v) is 14.2. The number of aryl methyl sites for hydroxylation is 2. The highest BCUT2D eigenvalue weighted by atomic mass is 19.1. The molecule has 0 saturated carbocycles. The molecule has 1 aliphatic rings. The highest BCUT2D eigenvalue weighted by Gasteiger charge is 2.30. The molecule has 1 aromatic rings. The minimum Gasteiger partial charge on any atom is -0.348 e. The summed E-state index contributed by atoms with van der Waals surface area (Å²) in [5.41, 5.74) is 2.04. The minimum atomic E-state index is -0.607. The van der Waals surface area contributed by atoms with Crippen LogP contribution < -0.4 is 10.6 Å². The monoisotopic (exact) mass is 324 g/mol. The Morgan fingerprint density at radius 3 is 2.43 bits per heavy atom. The van der Waals surface area contributed by atoms with E-state index in [0.29, 0.717) is 37.3 Å². The highest BCUT2D eigenvalue weighted by molar-refractivity contribution is 5.74. The van der Waals surface area contributed by atoms with Gasteiger partial charge >= 0.3 is 6.03 Å². The quantitative estimate of drug-likeness (QED) is 0.875. The van der Waals surface area contributed by atoms with E-state index in [2.05, 4.69) is 10.6 Å². The number of carbonyl (C=O) groups excluding carboxylic acids is 1. The zero-order chi connectivity index (χ0) is 17.0. The predicted molar refractivity (Wildman–Crippen MR) is 85.7 cm³/mol. The zero-order valence-electron chi connectivity index (χ0n) is 14.2. The van der Waals surface area contributed by atoms with E-state index >= 15 is 0 Å². The van der Waals surface area contributed by atoms with E-state index in [1.54, 1.807) is 26.0 Å². The SMILES string of the molecule is Cc1cc([C@H](C)NC(=O)NCCC2(C)OCCO2)cc(C)c1F. The Balaban J connectivity index is 1.82. The number of hydrogen-bond donors (Lipinski definition) is 2. The van der Waals surface area contributed by atoms with Gasteiger partial charge in [0, 0.05) is 13.0 Å². The van der Waals surface area contributed by atoms with Crippen molar-refractivity contribution in [1.29, 1.82) is 0 Å². The second-order valence-electron chi connectivity index (χ2n) is 6.17. The normalized spacial score (nSPS) is 17.8. The molecule has 1 aromatic carbocycles. The Kier molecular flexibility index (Phi) is 5.59. The molecular weight excluding hydrogens is 299 g/mol. The van der Waals surface area contributed by atoms with Crippen LogP contribution >= 0.6 is 0 Å². The summed E-state index contributed by atoms with van der Waals surface area (Å²) in [6, 6.07) is 3.05. The van der Waals surface area contributed by atoms with Crippen LogP contribution in [0.15, 0.2) is 12.1 Å². The molecule has 0 aromatic heterocycles. The van der Waals surface area contributed by atoms with Crippen LogP contribution in [0.4, 0.5) is 9.18 Å². The van der Waals surface area contributed by atoms with Gasteiger partial charge in [0.2, 0.25) is 0 Å². The average molecular weight is 324 g/mol. The number of urea groups is 1. The number of nitrogens with one attached hydrogen (secondary N) is 2. The minimum absolute atomic E-state index is 0.199. The molecule has 0 spiro atoms. The predicted octanol–water partition coefficient (Wildman–Crippen LogP) is 2.96. The van der Waals surface area contributed by atoms with Crippen molar-refractivity contribution >= 4 is 6.03 Å². The first-order chi connectivity index (χ1) is 10.8. The lowest BCUT2D eigenvalue weighted by Gasteiger charge is -2.22. The lowest BCUT2D eigenvalue weighted by molar-refractivity contribution is -0.145.